The molecule has 2 aromatic heterocycles. The molecule has 2 aromatic rings. The lowest BCUT2D eigenvalue weighted by molar-refractivity contribution is -0.140. The summed E-state index contributed by atoms with van der Waals surface area (Å²) in [4.78, 5) is 32.2. The van der Waals surface area contributed by atoms with Gasteiger partial charge in [-0.05, 0) is 19.4 Å². The second-order valence-electron chi connectivity index (χ2n) is 4.66. The lowest BCUT2D eigenvalue weighted by Crippen LogP contribution is -2.11. The molecule has 114 valence electrons. The first-order chi connectivity index (χ1) is 10.1. The van der Waals surface area contributed by atoms with Crippen LogP contribution in [0.2, 0.25) is 0 Å². The van der Waals surface area contributed by atoms with Crippen molar-refractivity contribution in [2.24, 2.45) is 0 Å². The molecule has 7 heteroatoms. The van der Waals surface area contributed by atoms with Gasteiger partial charge in [-0.15, -0.1) is 11.3 Å². The fourth-order valence-electron chi connectivity index (χ4n) is 1.81. The maximum Gasteiger partial charge on any atom is 0.316 e. The van der Waals surface area contributed by atoms with Crippen molar-refractivity contribution < 1.29 is 9.53 Å². The van der Waals surface area contributed by atoms with Crippen molar-refractivity contribution in [2.75, 3.05) is 12.4 Å². The fourth-order valence-corrected chi connectivity index (χ4v) is 3.40. The summed E-state index contributed by atoms with van der Waals surface area (Å²) in [5, 5.41) is 1.06. The summed E-state index contributed by atoms with van der Waals surface area (Å²) in [6, 6.07) is 1.82. The topological polar surface area (TPSA) is 72.0 Å². The SMILES string of the molecule is CCCCCOC(=O)CSc1nc2sc(C)cc2c(=O)[nH]1. The Balaban J connectivity index is 1.91. The maximum absolute atomic E-state index is 11.9. The monoisotopic (exact) mass is 326 g/mol. The van der Waals surface area contributed by atoms with Crippen LogP contribution in [0.1, 0.15) is 31.1 Å². The smallest absolute Gasteiger partial charge is 0.316 e. The van der Waals surface area contributed by atoms with E-state index in [1.165, 1.54) is 23.1 Å². The number of aromatic amines is 1. The predicted octanol–water partition coefficient (Wildman–Crippen LogP) is 3.12. The van der Waals surface area contributed by atoms with Gasteiger partial charge in [0.15, 0.2) is 5.16 Å². The van der Waals surface area contributed by atoms with Crippen molar-refractivity contribution in [3.05, 3.63) is 21.3 Å². The summed E-state index contributed by atoms with van der Waals surface area (Å²) >= 11 is 2.67. The number of hydrogen-bond acceptors (Lipinski definition) is 6. The number of carbonyl (C=O) groups excluding carboxylic acids is 1. The Morgan fingerprint density at radius 3 is 3.05 bits per heavy atom. The molecule has 0 aromatic carbocycles. The third kappa shape index (κ3) is 4.57. The number of fused-ring (bicyclic) bond motifs is 1. The number of unbranched alkanes of at least 4 members (excludes halogenated alkanes) is 2. The molecule has 2 rings (SSSR count). The minimum atomic E-state index is -0.277. The molecule has 21 heavy (non-hydrogen) atoms. The molecule has 0 radical (unpaired) electrons. The molecule has 0 unspecified atom stereocenters. The summed E-state index contributed by atoms with van der Waals surface area (Å²) in [5.74, 6) is -0.119. The molecular formula is C14H18N2O3S2. The van der Waals surface area contributed by atoms with E-state index in [0.717, 1.165) is 24.1 Å². The Morgan fingerprint density at radius 1 is 1.48 bits per heavy atom. The second kappa shape index (κ2) is 7.61. The van der Waals surface area contributed by atoms with Gasteiger partial charge in [0.1, 0.15) is 4.83 Å². The lowest BCUT2D eigenvalue weighted by Gasteiger charge is -2.03. The average molecular weight is 326 g/mol. The summed E-state index contributed by atoms with van der Waals surface area (Å²) < 4.78 is 5.11. The highest BCUT2D eigenvalue weighted by atomic mass is 32.2. The van der Waals surface area contributed by atoms with Crippen LogP contribution in [0.5, 0.6) is 0 Å². The molecule has 0 aliphatic rings. The van der Waals surface area contributed by atoms with Gasteiger partial charge >= 0.3 is 5.97 Å². The molecule has 0 aliphatic heterocycles. The molecule has 0 amide bonds. The van der Waals surface area contributed by atoms with E-state index >= 15 is 0 Å². The number of nitrogens with zero attached hydrogens (tertiary/aromatic N) is 1. The summed E-state index contributed by atoms with van der Waals surface area (Å²) in [6.07, 6.45) is 3.05. The average Bonchev–Trinajstić information content (AvgIpc) is 2.82. The summed E-state index contributed by atoms with van der Waals surface area (Å²) in [7, 11) is 0. The van der Waals surface area contributed by atoms with E-state index in [2.05, 4.69) is 16.9 Å². The second-order valence-corrected chi connectivity index (χ2v) is 6.86. The highest BCUT2D eigenvalue weighted by molar-refractivity contribution is 7.99. The Kier molecular flexibility index (Phi) is 5.81. The van der Waals surface area contributed by atoms with Crippen LogP contribution in [0.15, 0.2) is 16.0 Å². The molecule has 5 nitrogen and oxygen atoms in total. The molecular weight excluding hydrogens is 308 g/mol. The van der Waals surface area contributed by atoms with Crippen molar-refractivity contribution in [3.63, 3.8) is 0 Å². The number of hydrogen-bond donors (Lipinski definition) is 1. The zero-order valence-corrected chi connectivity index (χ0v) is 13.7. The fraction of sp³-hybridized carbons (Fsp3) is 0.500. The highest BCUT2D eigenvalue weighted by Gasteiger charge is 2.10. The van der Waals surface area contributed by atoms with Gasteiger partial charge in [-0.2, -0.15) is 0 Å². The number of esters is 1. The van der Waals surface area contributed by atoms with Crippen LogP contribution in [0.25, 0.3) is 10.2 Å². The predicted molar refractivity (Wildman–Crippen MR) is 86.2 cm³/mol. The van der Waals surface area contributed by atoms with Crippen LogP contribution >= 0.6 is 23.1 Å². The zero-order chi connectivity index (χ0) is 15.2. The van der Waals surface area contributed by atoms with Gasteiger partial charge in [0.05, 0.1) is 17.7 Å². The van der Waals surface area contributed by atoms with Gasteiger partial charge in [-0.3, -0.25) is 9.59 Å². The van der Waals surface area contributed by atoms with Crippen molar-refractivity contribution in [1.29, 1.82) is 0 Å². The van der Waals surface area contributed by atoms with Crippen LogP contribution in [0.3, 0.4) is 0 Å². The van der Waals surface area contributed by atoms with Gasteiger partial charge < -0.3 is 9.72 Å². The van der Waals surface area contributed by atoms with E-state index in [1.54, 1.807) is 0 Å². The van der Waals surface area contributed by atoms with Crippen LogP contribution in [0.4, 0.5) is 0 Å². The molecule has 0 bridgehead atoms. The third-order valence-electron chi connectivity index (χ3n) is 2.84. The van der Waals surface area contributed by atoms with E-state index in [4.69, 9.17) is 4.74 Å². The van der Waals surface area contributed by atoms with Crippen LogP contribution < -0.4 is 5.56 Å². The van der Waals surface area contributed by atoms with E-state index in [9.17, 15) is 9.59 Å². The molecule has 0 saturated heterocycles. The molecule has 0 saturated carbocycles. The first-order valence-electron chi connectivity index (χ1n) is 6.89. The minimum Gasteiger partial charge on any atom is -0.465 e. The Labute approximate surface area is 131 Å². The van der Waals surface area contributed by atoms with Gasteiger partial charge in [-0.25, -0.2) is 4.98 Å². The third-order valence-corrected chi connectivity index (χ3v) is 4.63. The number of nitrogens with one attached hydrogen (secondary N) is 1. The number of rotatable bonds is 7. The Hall–Kier alpha value is -1.34. The van der Waals surface area contributed by atoms with E-state index < -0.39 is 0 Å². The Bertz CT molecular complexity index is 678. The van der Waals surface area contributed by atoms with Crippen molar-refractivity contribution in [3.8, 4) is 0 Å². The molecule has 0 aliphatic carbocycles. The van der Waals surface area contributed by atoms with Gasteiger partial charge in [0.2, 0.25) is 0 Å². The van der Waals surface area contributed by atoms with Gasteiger partial charge in [0, 0.05) is 4.88 Å². The zero-order valence-electron chi connectivity index (χ0n) is 12.1. The van der Waals surface area contributed by atoms with Crippen LogP contribution in [-0.2, 0) is 9.53 Å². The number of H-pyrrole nitrogens is 1. The number of aromatic nitrogens is 2. The van der Waals surface area contributed by atoms with E-state index in [-0.39, 0.29) is 17.3 Å². The molecule has 1 N–H and O–H groups in total. The standard InChI is InChI=1S/C14H18N2O3S2/c1-3-4-5-6-19-11(17)8-20-14-15-12(18)10-7-9(2)21-13(10)16-14/h7H,3-6,8H2,1-2H3,(H,15,16,18). The highest BCUT2D eigenvalue weighted by Crippen LogP contribution is 2.22. The number of aryl methyl sites for hydroxylation is 1. The van der Waals surface area contributed by atoms with Crippen molar-refractivity contribution >= 4 is 39.3 Å². The molecule has 0 spiro atoms. The number of thioether (sulfide) groups is 1. The minimum absolute atomic E-state index is 0.158. The normalized spacial score (nSPS) is 11.0. The van der Waals surface area contributed by atoms with Crippen LogP contribution in [-0.4, -0.2) is 28.3 Å². The quantitative estimate of drug-likeness (QED) is 0.366. The van der Waals surface area contributed by atoms with Gasteiger partial charge in [0.25, 0.3) is 5.56 Å². The van der Waals surface area contributed by atoms with Crippen LogP contribution in [0, 0.1) is 6.92 Å². The van der Waals surface area contributed by atoms with Crippen molar-refractivity contribution in [2.45, 2.75) is 38.3 Å². The number of thiophene rings is 1. The number of carbonyl (C=O) groups is 1. The molecule has 0 atom stereocenters. The first kappa shape index (κ1) is 16.0. The number of ether oxygens (including phenoxy) is 1. The summed E-state index contributed by atoms with van der Waals surface area (Å²) in [5.41, 5.74) is -0.164. The van der Waals surface area contributed by atoms with E-state index in [1.807, 2.05) is 13.0 Å². The molecule has 0 fully saturated rings. The van der Waals surface area contributed by atoms with Gasteiger partial charge in [-0.1, -0.05) is 31.5 Å². The lowest BCUT2D eigenvalue weighted by atomic mass is 10.3. The molecule has 2 heterocycles. The Morgan fingerprint density at radius 2 is 2.29 bits per heavy atom. The largest absolute Gasteiger partial charge is 0.465 e. The van der Waals surface area contributed by atoms with E-state index in [0.29, 0.717) is 22.0 Å². The summed E-state index contributed by atoms with van der Waals surface area (Å²) in [6.45, 7) is 4.49. The maximum atomic E-state index is 11.9. The van der Waals surface area contributed by atoms with Crippen molar-refractivity contribution in [1.82, 2.24) is 9.97 Å². The first-order valence-corrected chi connectivity index (χ1v) is 8.69.